The van der Waals surface area contributed by atoms with Crippen LogP contribution >= 0.6 is 15.9 Å². The average molecular weight is 409 g/mol. The highest BCUT2D eigenvalue weighted by Gasteiger charge is 2.32. The second-order valence-corrected chi connectivity index (χ2v) is 7.32. The van der Waals surface area contributed by atoms with Crippen LogP contribution in [0.2, 0.25) is 0 Å². The first-order valence-corrected chi connectivity index (χ1v) is 9.23. The van der Waals surface area contributed by atoms with Gasteiger partial charge in [-0.2, -0.15) is 13.2 Å². The van der Waals surface area contributed by atoms with Crippen LogP contribution in [0.4, 0.5) is 19.0 Å². The number of hydrogen-bond acceptors (Lipinski definition) is 3. The van der Waals surface area contributed by atoms with Crippen LogP contribution < -0.4 is 4.90 Å². The Bertz CT molecular complexity index is 531. The summed E-state index contributed by atoms with van der Waals surface area (Å²) in [7, 11) is 0. The third-order valence-electron chi connectivity index (χ3n) is 4.81. The zero-order chi connectivity index (χ0) is 17.7. The number of rotatable bonds is 6. The maximum absolute atomic E-state index is 12.8. The van der Waals surface area contributed by atoms with Gasteiger partial charge in [0.05, 0.1) is 10.0 Å². The summed E-state index contributed by atoms with van der Waals surface area (Å²) in [6.45, 7) is 3.74. The number of hydrogen-bond donors (Lipinski definition) is 1. The van der Waals surface area contributed by atoms with Crippen LogP contribution in [0.5, 0.6) is 0 Å². The summed E-state index contributed by atoms with van der Waals surface area (Å²) >= 11 is 3.24. The molecule has 0 aromatic carbocycles. The summed E-state index contributed by atoms with van der Waals surface area (Å²) in [6, 6.07) is 1.10. The molecule has 3 nitrogen and oxygen atoms in total. The van der Waals surface area contributed by atoms with Crippen molar-refractivity contribution in [3.05, 3.63) is 22.3 Å². The Balaban J connectivity index is 2.02. The smallest absolute Gasteiger partial charge is 0.396 e. The lowest BCUT2D eigenvalue weighted by molar-refractivity contribution is -0.137. The summed E-state index contributed by atoms with van der Waals surface area (Å²) in [4.78, 5) is 6.09. The number of halogens is 4. The number of aliphatic hydroxyl groups excluding tert-OH is 1. The molecule has 0 radical (unpaired) electrons. The highest BCUT2D eigenvalue weighted by molar-refractivity contribution is 9.10. The first-order valence-electron chi connectivity index (χ1n) is 8.43. The van der Waals surface area contributed by atoms with Gasteiger partial charge in [-0.1, -0.05) is 12.8 Å². The van der Waals surface area contributed by atoms with Crippen molar-refractivity contribution in [3.63, 3.8) is 0 Å². The van der Waals surface area contributed by atoms with Crippen molar-refractivity contribution < 1.29 is 18.3 Å². The highest BCUT2D eigenvalue weighted by atomic mass is 79.9. The van der Waals surface area contributed by atoms with E-state index in [2.05, 4.69) is 20.9 Å². The van der Waals surface area contributed by atoms with Crippen molar-refractivity contribution >= 4 is 21.7 Å². The first-order chi connectivity index (χ1) is 11.3. The van der Waals surface area contributed by atoms with Crippen molar-refractivity contribution in [2.75, 3.05) is 24.6 Å². The van der Waals surface area contributed by atoms with Crippen LogP contribution in [-0.4, -0.2) is 29.8 Å². The summed E-state index contributed by atoms with van der Waals surface area (Å²) in [5.41, 5.74) is -0.737. The van der Waals surface area contributed by atoms with Crippen LogP contribution in [0.15, 0.2) is 16.7 Å². The van der Waals surface area contributed by atoms with E-state index in [0.29, 0.717) is 28.7 Å². The maximum Gasteiger partial charge on any atom is 0.417 e. The molecule has 1 fully saturated rings. The van der Waals surface area contributed by atoms with Crippen LogP contribution in [0.25, 0.3) is 0 Å². The Morgan fingerprint density at radius 2 is 1.88 bits per heavy atom. The monoisotopic (exact) mass is 408 g/mol. The van der Waals surface area contributed by atoms with Crippen molar-refractivity contribution in [1.29, 1.82) is 0 Å². The minimum atomic E-state index is -4.38. The van der Waals surface area contributed by atoms with Crippen LogP contribution in [0.1, 0.15) is 44.6 Å². The molecule has 1 aliphatic carbocycles. The van der Waals surface area contributed by atoms with Crippen molar-refractivity contribution in [3.8, 4) is 0 Å². The van der Waals surface area contributed by atoms with Gasteiger partial charge in [0, 0.05) is 25.9 Å². The molecular formula is C17H24BrF3N2O. The lowest BCUT2D eigenvalue weighted by Crippen LogP contribution is -2.32. The Morgan fingerprint density at radius 1 is 1.25 bits per heavy atom. The molecule has 0 spiro atoms. The molecule has 1 aliphatic rings. The van der Waals surface area contributed by atoms with E-state index in [1.54, 1.807) is 0 Å². The fourth-order valence-electron chi connectivity index (χ4n) is 3.38. The van der Waals surface area contributed by atoms with Gasteiger partial charge < -0.3 is 10.0 Å². The minimum Gasteiger partial charge on any atom is -0.396 e. The zero-order valence-electron chi connectivity index (χ0n) is 13.8. The van der Waals surface area contributed by atoms with Gasteiger partial charge in [-0.25, -0.2) is 4.98 Å². The molecule has 2 rings (SSSR count). The van der Waals surface area contributed by atoms with Gasteiger partial charge in [0.2, 0.25) is 0 Å². The van der Waals surface area contributed by atoms with E-state index >= 15 is 0 Å². The van der Waals surface area contributed by atoms with Crippen molar-refractivity contribution in [1.82, 2.24) is 4.98 Å². The molecule has 24 heavy (non-hydrogen) atoms. The fraction of sp³-hybridized carbons (Fsp3) is 0.706. The lowest BCUT2D eigenvalue weighted by Gasteiger charge is -2.33. The molecule has 0 amide bonds. The zero-order valence-corrected chi connectivity index (χ0v) is 15.4. The molecule has 1 heterocycles. The van der Waals surface area contributed by atoms with Crippen LogP contribution in [-0.2, 0) is 6.18 Å². The average Bonchev–Trinajstić information content (AvgIpc) is 2.54. The Kier molecular flexibility index (Phi) is 6.92. The van der Waals surface area contributed by atoms with Crippen molar-refractivity contribution in [2.45, 2.75) is 45.2 Å². The summed E-state index contributed by atoms with van der Waals surface area (Å²) in [5, 5.41) is 9.02. The molecule has 0 saturated heterocycles. The van der Waals surface area contributed by atoms with Crippen LogP contribution in [0, 0.1) is 11.8 Å². The Morgan fingerprint density at radius 3 is 2.38 bits per heavy atom. The fourth-order valence-corrected chi connectivity index (χ4v) is 3.98. The van der Waals surface area contributed by atoms with Gasteiger partial charge in [0.1, 0.15) is 5.82 Å². The normalized spacial score (nSPS) is 21.8. The molecule has 0 atom stereocenters. The van der Waals surface area contributed by atoms with E-state index in [0.717, 1.165) is 50.9 Å². The molecule has 136 valence electrons. The van der Waals surface area contributed by atoms with E-state index in [4.69, 9.17) is 5.11 Å². The van der Waals surface area contributed by atoms with E-state index < -0.39 is 11.7 Å². The van der Waals surface area contributed by atoms with E-state index in [1.165, 1.54) is 0 Å². The van der Waals surface area contributed by atoms with Crippen molar-refractivity contribution in [2.24, 2.45) is 11.8 Å². The van der Waals surface area contributed by atoms with Gasteiger partial charge >= 0.3 is 6.18 Å². The molecule has 0 aliphatic heterocycles. The molecule has 0 unspecified atom stereocenters. The summed E-state index contributed by atoms with van der Waals surface area (Å²) in [6.07, 6.45) is 1.82. The van der Waals surface area contributed by atoms with Gasteiger partial charge in [0.15, 0.2) is 0 Å². The van der Waals surface area contributed by atoms with Gasteiger partial charge in [-0.3, -0.25) is 0 Å². The first kappa shape index (κ1) is 19.5. The Labute approximate surface area is 149 Å². The number of aromatic nitrogens is 1. The van der Waals surface area contributed by atoms with E-state index in [9.17, 15) is 13.2 Å². The molecule has 7 heteroatoms. The molecule has 0 bridgehead atoms. The molecular weight excluding hydrogens is 385 g/mol. The summed E-state index contributed by atoms with van der Waals surface area (Å²) in [5.74, 6) is 1.70. The third kappa shape index (κ3) is 5.09. The predicted molar refractivity (Wildman–Crippen MR) is 92.0 cm³/mol. The van der Waals surface area contributed by atoms with Gasteiger partial charge in [-0.05, 0) is 60.0 Å². The second kappa shape index (κ2) is 8.52. The molecule has 1 aromatic rings. The quantitative estimate of drug-likeness (QED) is 0.728. The molecule has 1 saturated carbocycles. The van der Waals surface area contributed by atoms with E-state index in [-0.39, 0.29) is 6.61 Å². The predicted octanol–water partition coefficient (Wildman–Crippen LogP) is 4.88. The number of alkyl halides is 3. The number of anilines is 1. The maximum atomic E-state index is 12.8. The highest BCUT2D eigenvalue weighted by Crippen LogP contribution is 2.35. The standard InChI is InChI=1S/C17H24BrF3N2O/c1-2-23(11-13-5-3-12(4-6-13)7-8-24)16-15(18)9-14(10-22-16)17(19,20)21/h9-10,12-13,24H,2-8,11H2,1H3. The van der Waals surface area contributed by atoms with Gasteiger partial charge in [-0.15, -0.1) is 0 Å². The molecule has 1 N–H and O–H groups in total. The number of pyridine rings is 1. The third-order valence-corrected chi connectivity index (χ3v) is 5.40. The lowest BCUT2D eigenvalue weighted by atomic mass is 9.80. The minimum absolute atomic E-state index is 0.249. The summed E-state index contributed by atoms with van der Waals surface area (Å²) < 4.78 is 38.7. The SMILES string of the molecule is CCN(CC1CCC(CCO)CC1)c1ncc(C(F)(F)F)cc1Br. The Hall–Kier alpha value is -0.820. The second-order valence-electron chi connectivity index (χ2n) is 6.46. The van der Waals surface area contributed by atoms with E-state index in [1.807, 2.05) is 11.8 Å². The van der Waals surface area contributed by atoms with Crippen LogP contribution in [0.3, 0.4) is 0 Å². The molecule has 1 aromatic heterocycles. The van der Waals surface area contributed by atoms with Gasteiger partial charge in [0.25, 0.3) is 0 Å². The number of aliphatic hydroxyl groups is 1. The largest absolute Gasteiger partial charge is 0.417 e. The topological polar surface area (TPSA) is 36.4 Å². The number of nitrogens with zero attached hydrogens (tertiary/aromatic N) is 2.